The first-order valence-electron chi connectivity index (χ1n) is 11.2. The van der Waals surface area contributed by atoms with Crippen LogP contribution in [-0.2, 0) is 16.1 Å². The van der Waals surface area contributed by atoms with E-state index < -0.39 is 0 Å². The molecule has 4 aromatic rings. The normalized spacial score (nSPS) is 14.7. The largest absolute Gasteiger partial charge is 0.466 e. The van der Waals surface area contributed by atoms with Gasteiger partial charge in [-0.15, -0.1) is 0 Å². The molecule has 1 aliphatic heterocycles. The first-order chi connectivity index (χ1) is 16.1. The number of rotatable bonds is 6. The highest BCUT2D eigenvalue weighted by Crippen LogP contribution is 2.29. The van der Waals surface area contributed by atoms with Gasteiger partial charge in [0.1, 0.15) is 11.4 Å². The molecule has 8 heteroatoms. The van der Waals surface area contributed by atoms with Crippen LogP contribution in [0.25, 0.3) is 21.9 Å². The number of carbonyl (C=O) groups is 1. The van der Waals surface area contributed by atoms with Crippen molar-refractivity contribution in [3.8, 4) is 0 Å². The fourth-order valence-electron chi connectivity index (χ4n) is 4.25. The topological polar surface area (TPSA) is 80.5 Å². The predicted molar refractivity (Wildman–Crippen MR) is 130 cm³/mol. The number of anilines is 2. The maximum atomic E-state index is 12.1. The van der Waals surface area contributed by atoms with Crippen molar-refractivity contribution >= 4 is 51.2 Å². The van der Waals surface area contributed by atoms with Gasteiger partial charge in [0, 0.05) is 35.4 Å². The minimum atomic E-state index is -0.108. The predicted octanol–water partition coefficient (Wildman–Crippen LogP) is 5.42. The van der Waals surface area contributed by atoms with Crippen LogP contribution in [0, 0.1) is 5.92 Å². The maximum Gasteiger partial charge on any atom is 0.309 e. The number of hydrogen-bond donors (Lipinski definition) is 1. The number of nitrogens with zero attached hydrogens (tertiary/aromatic N) is 3. The van der Waals surface area contributed by atoms with Crippen LogP contribution in [0.2, 0.25) is 5.02 Å². The van der Waals surface area contributed by atoms with Crippen molar-refractivity contribution in [1.82, 2.24) is 9.97 Å². The summed E-state index contributed by atoms with van der Waals surface area (Å²) in [6.07, 6.45) is 3.15. The van der Waals surface area contributed by atoms with E-state index >= 15 is 0 Å². The summed E-state index contributed by atoms with van der Waals surface area (Å²) in [5, 5.41) is 6.04. The van der Waals surface area contributed by atoms with Crippen molar-refractivity contribution in [2.75, 3.05) is 29.9 Å². The number of carbonyl (C=O) groups excluding carboxylic acids is 1. The molecule has 0 aliphatic carbocycles. The fraction of sp³-hybridized carbons (Fsp3) is 0.320. The zero-order valence-corrected chi connectivity index (χ0v) is 19.1. The molecule has 0 bridgehead atoms. The number of benzene rings is 2. The van der Waals surface area contributed by atoms with Crippen LogP contribution in [0.4, 0.5) is 11.8 Å². The zero-order chi connectivity index (χ0) is 22.8. The van der Waals surface area contributed by atoms with Crippen molar-refractivity contribution in [3.63, 3.8) is 0 Å². The molecule has 0 radical (unpaired) electrons. The lowest BCUT2D eigenvalue weighted by atomic mass is 9.97. The number of piperidine rings is 1. The monoisotopic (exact) mass is 464 g/mol. The van der Waals surface area contributed by atoms with E-state index in [0.717, 1.165) is 46.1 Å². The summed E-state index contributed by atoms with van der Waals surface area (Å²) >= 11 is 6.27. The van der Waals surface area contributed by atoms with Crippen LogP contribution in [0.15, 0.2) is 53.1 Å². The Morgan fingerprint density at radius 1 is 1.18 bits per heavy atom. The van der Waals surface area contributed by atoms with E-state index in [1.54, 1.807) is 6.26 Å². The van der Waals surface area contributed by atoms with Gasteiger partial charge >= 0.3 is 5.97 Å². The van der Waals surface area contributed by atoms with E-state index in [0.29, 0.717) is 37.2 Å². The summed E-state index contributed by atoms with van der Waals surface area (Å²) in [6.45, 7) is 4.27. The number of furan rings is 1. The quantitative estimate of drug-likeness (QED) is 0.381. The van der Waals surface area contributed by atoms with Crippen LogP contribution < -0.4 is 10.2 Å². The second-order valence-corrected chi connectivity index (χ2v) is 8.63. The van der Waals surface area contributed by atoms with Crippen LogP contribution in [0.5, 0.6) is 0 Å². The summed E-state index contributed by atoms with van der Waals surface area (Å²) < 4.78 is 10.6. The van der Waals surface area contributed by atoms with Crippen LogP contribution in [0.1, 0.15) is 25.3 Å². The van der Waals surface area contributed by atoms with Gasteiger partial charge < -0.3 is 19.4 Å². The van der Waals surface area contributed by atoms with Crippen LogP contribution in [-0.4, -0.2) is 35.6 Å². The second-order valence-electron chi connectivity index (χ2n) is 8.19. The second kappa shape index (κ2) is 9.27. The van der Waals surface area contributed by atoms with E-state index in [2.05, 4.69) is 16.3 Å². The van der Waals surface area contributed by atoms with Crippen LogP contribution >= 0.6 is 11.6 Å². The summed E-state index contributed by atoms with van der Waals surface area (Å²) in [7, 11) is 0. The van der Waals surface area contributed by atoms with Gasteiger partial charge in [0.2, 0.25) is 5.95 Å². The first kappa shape index (κ1) is 21.5. The highest BCUT2D eigenvalue weighted by molar-refractivity contribution is 6.31. The maximum absolute atomic E-state index is 12.1. The third-order valence-electron chi connectivity index (χ3n) is 6.02. The molecule has 33 heavy (non-hydrogen) atoms. The van der Waals surface area contributed by atoms with Gasteiger partial charge in [-0.25, -0.2) is 4.98 Å². The van der Waals surface area contributed by atoms with Crippen molar-refractivity contribution in [3.05, 3.63) is 59.3 Å². The molecule has 3 heterocycles. The fourth-order valence-corrected chi connectivity index (χ4v) is 4.42. The van der Waals surface area contributed by atoms with Gasteiger partial charge in [-0.3, -0.25) is 4.79 Å². The standard InChI is InChI=1S/C25H25ClN4O3/c1-2-32-24(31)17-7-10-30(11-8-17)25-28-21-5-4-19(26)14-20(21)23(29-25)27-15-16-3-6-22-18(13-16)9-12-33-22/h3-6,9,12-14,17H,2,7-8,10-11,15H2,1H3,(H,27,28,29). The number of aromatic nitrogens is 2. The van der Waals surface area contributed by atoms with Crippen molar-refractivity contribution < 1.29 is 13.9 Å². The highest BCUT2D eigenvalue weighted by atomic mass is 35.5. The summed E-state index contributed by atoms with van der Waals surface area (Å²) in [5.41, 5.74) is 2.81. The summed E-state index contributed by atoms with van der Waals surface area (Å²) in [5.74, 6) is 1.22. The molecular formula is C25H25ClN4O3. The van der Waals surface area contributed by atoms with E-state index in [1.807, 2.05) is 43.3 Å². The molecule has 0 atom stereocenters. The zero-order valence-electron chi connectivity index (χ0n) is 18.4. The molecule has 2 aromatic carbocycles. The molecule has 1 saturated heterocycles. The molecule has 1 aliphatic rings. The molecule has 170 valence electrons. The van der Waals surface area contributed by atoms with Gasteiger partial charge in [0.25, 0.3) is 0 Å². The third kappa shape index (κ3) is 4.59. The van der Waals surface area contributed by atoms with E-state index in [4.69, 9.17) is 30.7 Å². The van der Waals surface area contributed by atoms with E-state index in [9.17, 15) is 4.79 Å². The molecule has 0 spiro atoms. The minimum absolute atomic E-state index is 0.0594. The minimum Gasteiger partial charge on any atom is -0.466 e. The third-order valence-corrected chi connectivity index (χ3v) is 6.26. The van der Waals surface area contributed by atoms with Crippen molar-refractivity contribution in [2.45, 2.75) is 26.3 Å². The average Bonchev–Trinajstić information content (AvgIpc) is 3.31. The number of halogens is 1. The Morgan fingerprint density at radius 2 is 2.03 bits per heavy atom. The van der Waals surface area contributed by atoms with E-state index in [1.165, 1.54) is 0 Å². The summed E-state index contributed by atoms with van der Waals surface area (Å²) in [6, 6.07) is 13.7. The number of nitrogens with one attached hydrogen (secondary N) is 1. The Hall–Kier alpha value is -3.32. The number of ether oxygens (including phenoxy) is 1. The Balaban J connectivity index is 1.39. The lowest BCUT2D eigenvalue weighted by Gasteiger charge is -2.31. The van der Waals surface area contributed by atoms with Gasteiger partial charge in [-0.1, -0.05) is 17.7 Å². The van der Waals surface area contributed by atoms with Gasteiger partial charge in [0.15, 0.2) is 0 Å². The number of hydrogen-bond acceptors (Lipinski definition) is 7. The molecule has 1 fully saturated rings. The first-order valence-corrected chi connectivity index (χ1v) is 11.6. The molecule has 0 amide bonds. The smallest absolute Gasteiger partial charge is 0.309 e. The van der Waals surface area contributed by atoms with Crippen LogP contribution in [0.3, 0.4) is 0 Å². The molecule has 0 saturated carbocycles. The SMILES string of the molecule is CCOC(=O)C1CCN(c2nc(NCc3ccc4occc4c3)c3cc(Cl)ccc3n2)CC1. The summed E-state index contributed by atoms with van der Waals surface area (Å²) in [4.78, 5) is 23.9. The molecule has 7 nitrogen and oxygen atoms in total. The Morgan fingerprint density at radius 3 is 2.85 bits per heavy atom. The average molecular weight is 465 g/mol. The van der Waals surface area contributed by atoms with Gasteiger partial charge in [-0.05, 0) is 61.7 Å². The lowest BCUT2D eigenvalue weighted by Crippen LogP contribution is -2.38. The Bertz CT molecular complexity index is 1300. The van der Waals surface area contributed by atoms with Crippen molar-refractivity contribution in [1.29, 1.82) is 0 Å². The lowest BCUT2D eigenvalue weighted by molar-refractivity contribution is -0.148. The molecule has 0 unspecified atom stereocenters. The van der Waals surface area contributed by atoms with Crippen molar-refractivity contribution in [2.24, 2.45) is 5.92 Å². The Labute approximate surface area is 196 Å². The molecule has 2 aromatic heterocycles. The molecule has 1 N–H and O–H groups in total. The Kier molecular flexibility index (Phi) is 6.05. The number of fused-ring (bicyclic) bond motifs is 2. The van der Waals surface area contributed by atoms with Gasteiger partial charge in [-0.2, -0.15) is 4.98 Å². The van der Waals surface area contributed by atoms with Gasteiger partial charge in [0.05, 0.1) is 24.3 Å². The molecular weight excluding hydrogens is 440 g/mol. The molecule has 5 rings (SSSR count). The van der Waals surface area contributed by atoms with E-state index in [-0.39, 0.29) is 11.9 Å². The highest BCUT2D eigenvalue weighted by Gasteiger charge is 2.27. The number of esters is 1.